The SMILES string of the molecule is Cn1nc2nc1-c1cc(ccc1F)Oc1c(F)cc3[nH]ccc3c1CCS(=O)(=O)CC(C)(C)CCCC2(C)c1cccc(/C=C2\CCOC2=O)c1. The number of esters is 1. The molecule has 1 atom stereocenters. The molecule has 0 spiro atoms. The van der Waals surface area contributed by atoms with E-state index in [1.807, 2.05) is 51.1 Å². The van der Waals surface area contributed by atoms with Gasteiger partial charge < -0.3 is 14.5 Å². The molecule has 266 valence electrons. The van der Waals surface area contributed by atoms with E-state index in [9.17, 15) is 13.2 Å². The fraction of sp³-hybridized carbons (Fsp3) is 0.359. The molecule has 4 bridgehead atoms. The van der Waals surface area contributed by atoms with Crippen LogP contribution in [0.5, 0.6) is 11.5 Å². The molecule has 51 heavy (non-hydrogen) atoms. The van der Waals surface area contributed by atoms with Crippen LogP contribution in [0.4, 0.5) is 8.78 Å². The molecule has 1 unspecified atom stereocenters. The molecule has 2 aromatic heterocycles. The summed E-state index contributed by atoms with van der Waals surface area (Å²) in [4.78, 5) is 20.1. The standard InChI is InChI=1S/C39H40F2N4O5S/c1-38(2)14-6-15-39(3,26-8-5-7-24(20-26)19-25-12-17-49-36(25)46)37-43-35(45(4)44-37)30-21-27(9-10-31(30)40)50-34-29(13-18-51(47,48)23-38)28-11-16-42-33(28)22-32(34)41/h5,7-11,16,19-22,42H,6,12-15,17-18,23H2,1-4H3/b25-19+. The van der Waals surface area contributed by atoms with Crippen LogP contribution in [0, 0.1) is 17.0 Å². The van der Waals surface area contributed by atoms with Crippen molar-refractivity contribution < 1.29 is 31.5 Å². The molecule has 0 saturated carbocycles. The minimum absolute atomic E-state index is 0.0306. The Morgan fingerprint density at radius 1 is 1.00 bits per heavy atom. The second-order valence-corrected chi connectivity index (χ2v) is 16.8. The van der Waals surface area contributed by atoms with Crippen LogP contribution in [0.1, 0.15) is 69.0 Å². The van der Waals surface area contributed by atoms with Gasteiger partial charge in [-0.15, -0.1) is 0 Å². The first-order valence-corrected chi connectivity index (χ1v) is 18.9. The Labute approximate surface area is 295 Å². The highest BCUT2D eigenvalue weighted by atomic mass is 32.2. The lowest BCUT2D eigenvalue weighted by Gasteiger charge is -2.30. The van der Waals surface area contributed by atoms with Gasteiger partial charge in [-0.25, -0.2) is 31.7 Å². The van der Waals surface area contributed by atoms with E-state index in [2.05, 4.69) is 4.98 Å². The van der Waals surface area contributed by atoms with E-state index in [1.165, 1.54) is 28.9 Å². The number of nitrogens with one attached hydrogen (secondary N) is 1. The summed E-state index contributed by atoms with van der Waals surface area (Å²) >= 11 is 0. The maximum atomic E-state index is 15.7. The number of cyclic esters (lactones) is 1. The van der Waals surface area contributed by atoms with Crippen molar-refractivity contribution >= 4 is 32.8 Å². The lowest BCUT2D eigenvalue weighted by atomic mass is 9.75. The van der Waals surface area contributed by atoms with Crippen molar-refractivity contribution in [2.75, 3.05) is 18.1 Å². The first-order valence-electron chi connectivity index (χ1n) is 17.1. The van der Waals surface area contributed by atoms with Crippen LogP contribution in [-0.4, -0.2) is 52.2 Å². The molecule has 5 aromatic rings. The van der Waals surface area contributed by atoms with Crippen LogP contribution in [-0.2, 0) is 38.3 Å². The number of benzene rings is 3. The fourth-order valence-corrected chi connectivity index (χ4v) is 9.34. The molecule has 1 saturated heterocycles. The van der Waals surface area contributed by atoms with Gasteiger partial charge in [0.1, 0.15) is 11.6 Å². The lowest BCUT2D eigenvalue weighted by Crippen LogP contribution is -2.29. The Bertz CT molecular complexity index is 2310. The van der Waals surface area contributed by atoms with E-state index in [1.54, 1.807) is 19.3 Å². The van der Waals surface area contributed by atoms with Crippen LogP contribution >= 0.6 is 0 Å². The third kappa shape index (κ3) is 6.93. The topological polar surface area (TPSA) is 116 Å². The van der Waals surface area contributed by atoms with Gasteiger partial charge in [-0.3, -0.25) is 0 Å². The Morgan fingerprint density at radius 2 is 1.82 bits per heavy atom. The number of hydrogen-bond donors (Lipinski definition) is 1. The molecule has 9 nitrogen and oxygen atoms in total. The minimum Gasteiger partial charge on any atom is -0.462 e. The lowest BCUT2D eigenvalue weighted by molar-refractivity contribution is -0.134. The summed E-state index contributed by atoms with van der Waals surface area (Å²) in [5.74, 6) is -1.04. The zero-order chi connectivity index (χ0) is 36.1. The van der Waals surface area contributed by atoms with E-state index in [-0.39, 0.29) is 46.8 Å². The van der Waals surface area contributed by atoms with Crippen molar-refractivity contribution in [3.8, 4) is 22.9 Å². The van der Waals surface area contributed by atoms with Crippen molar-refractivity contribution in [3.05, 3.63) is 101 Å². The van der Waals surface area contributed by atoms with Gasteiger partial charge in [0.2, 0.25) is 0 Å². The van der Waals surface area contributed by atoms with Crippen molar-refractivity contribution in [1.82, 2.24) is 19.7 Å². The summed E-state index contributed by atoms with van der Waals surface area (Å²) in [6, 6.07) is 15.0. The van der Waals surface area contributed by atoms with Crippen LogP contribution < -0.4 is 4.74 Å². The molecule has 0 radical (unpaired) electrons. The Balaban J connectivity index is 1.36. The van der Waals surface area contributed by atoms with Crippen LogP contribution in [0.25, 0.3) is 28.4 Å². The molecular formula is C39H40F2N4O5S. The first kappa shape index (κ1) is 34.6. The molecule has 2 aliphatic rings. The Morgan fingerprint density at radius 3 is 2.61 bits per heavy atom. The van der Waals surface area contributed by atoms with Gasteiger partial charge in [0, 0.05) is 47.8 Å². The average Bonchev–Trinajstić information content (AvgIpc) is 3.81. The van der Waals surface area contributed by atoms with Gasteiger partial charge in [0.25, 0.3) is 0 Å². The number of nitrogens with zero attached hydrogens (tertiary/aromatic N) is 3. The minimum atomic E-state index is -3.59. The molecular weight excluding hydrogens is 675 g/mol. The van der Waals surface area contributed by atoms with Gasteiger partial charge in [0.15, 0.2) is 33.1 Å². The third-order valence-corrected chi connectivity index (χ3v) is 12.1. The maximum absolute atomic E-state index is 15.7. The number of halogens is 2. The number of H-pyrrole nitrogens is 1. The summed E-state index contributed by atoms with van der Waals surface area (Å²) in [7, 11) is -1.89. The normalized spacial score (nSPS) is 21.5. The van der Waals surface area contributed by atoms with Gasteiger partial charge in [-0.2, -0.15) is 5.10 Å². The number of aromatic amines is 1. The monoisotopic (exact) mass is 714 g/mol. The van der Waals surface area contributed by atoms with E-state index in [0.29, 0.717) is 60.2 Å². The van der Waals surface area contributed by atoms with Gasteiger partial charge in [-0.05, 0) is 73.1 Å². The number of aryl methyl sites for hydroxylation is 2. The van der Waals surface area contributed by atoms with Gasteiger partial charge in [-0.1, -0.05) is 44.5 Å². The largest absolute Gasteiger partial charge is 0.462 e. The van der Waals surface area contributed by atoms with Gasteiger partial charge >= 0.3 is 5.97 Å². The predicted molar refractivity (Wildman–Crippen MR) is 191 cm³/mol. The quantitative estimate of drug-likeness (QED) is 0.146. The summed E-state index contributed by atoms with van der Waals surface area (Å²) in [6.07, 6.45) is 5.85. The zero-order valence-corrected chi connectivity index (χ0v) is 29.9. The van der Waals surface area contributed by atoms with Crippen LogP contribution in [0.2, 0.25) is 0 Å². The average molecular weight is 715 g/mol. The molecule has 2 aliphatic heterocycles. The highest BCUT2D eigenvalue weighted by molar-refractivity contribution is 7.91. The number of carbonyl (C=O) groups excluding carboxylic acids is 1. The van der Waals surface area contributed by atoms with E-state index in [0.717, 1.165) is 11.1 Å². The van der Waals surface area contributed by atoms with Crippen molar-refractivity contribution in [1.29, 1.82) is 0 Å². The van der Waals surface area contributed by atoms with Crippen LogP contribution in [0.3, 0.4) is 0 Å². The summed E-state index contributed by atoms with van der Waals surface area (Å²) in [6.45, 7) is 6.28. The molecule has 12 heteroatoms. The van der Waals surface area contributed by atoms with Crippen LogP contribution in [0.15, 0.2) is 66.4 Å². The van der Waals surface area contributed by atoms with E-state index >= 15 is 8.78 Å². The maximum Gasteiger partial charge on any atom is 0.334 e. The highest BCUT2D eigenvalue weighted by Crippen LogP contribution is 2.41. The number of hydrogen-bond acceptors (Lipinski definition) is 7. The molecule has 0 aliphatic carbocycles. The highest BCUT2D eigenvalue weighted by Gasteiger charge is 2.36. The molecule has 1 N–H and O–H groups in total. The summed E-state index contributed by atoms with van der Waals surface area (Å²) < 4.78 is 71.4. The van der Waals surface area contributed by atoms with E-state index in [4.69, 9.17) is 19.6 Å². The smallest absolute Gasteiger partial charge is 0.334 e. The number of ether oxygens (including phenoxy) is 2. The van der Waals surface area contributed by atoms with E-state index < -0.39 is 32.3 Å². The predicted octanol–water partition coefficient (Wildman–Crippen LogP) is 7.84. The Kier molecular flexibility index (Phi) is 8.85. The fourth-order valence-electron chi connectivity index (χ4n) is 7.35. The number of sulfone groups is 1. The third-order valence-electron chi connectivity index (χ3n) is 10.1. The second kappa shape index (κ2) is 13.0. The van der Waals surface area contributed by atoms with Crippen molar-refractivity contribution in [2.45, 2.75) is 58.3 Å². The van der Waals surface area contributed by atoms with Crippen molar-refractivity contribution in [2.24, 2.45) is 12.5 Å². The second-order valence-electron chi connectivity index (χ2n) is 14.6. The molecule has 0 amide bonds. The molecule has 7 rings (SSSR count). The number of fused-ring (bicyclic) bond motifs is 8. The first-order chi connectivity index (χ1) is 24.2. The van der Waals surface area contributed by atoms with Gasteiger partial charge in [0.05, 0.1) is 29.1 Å². The number of aromatic nitrogens is 4. The zero-order valence-electron chi connectivity index (χ0n) is 29.1. The summed E-state index contributed by atoms with van der Waals surface area (Å²) in [5, 5.41) is 5.48. The Hall–Kier alpha value is -4.84. The number of carbonyl (C=O) groups is 1. The number of rotatable bonds is 2. The summed E-state index contributed by atoms with van der Waals surface area (Å²) in [5.41, 5.74) is 2.01. The van der Waals surface area contributed by atoms with Crippen molar-refractivity contribution in [3.63, 3.8) is 0 Å². The molecule has 4 heterocycles. The molecule has 3 aromatic carbocycles. The molecule has 1 fully saturated rings.